The Balaban J connectivity index is 2.14. The smallest absolute Gasteiger partial charge is 0.316 e. The average molecular weight is 259 g/mol. The largest absolute Gasteiger partial charge is 0.407 e. The summed E-state index contributed by atoms with van der Waals surface area (Å²) < 4.78 is 5.28. The minimum atomic E-state index is -0.343. The van der Waals surface area contributed by atoms with Crippen molar-refractivity contribution in [1.82, 2.24) is 15.2 Å². The van der Waals surface area contributed by atoms with E-state index in [0.29, 0.717) is 11.9 Å². The average Bonchev–Trinajstić information content (AvgIpc) is 2.86. The maximum Gasteiger partial charge on any atom is 0.316 e. The van der Waals surface area contributed by atoms with Crippen LogP contribution in [-0.4, -0.2) is 15.2 Å². The zero-order valence-corrected chi connectivity index (χ0v) is 10.5. The first-order valence-corrected chi connectivity index (χ1v) is 6.10. The zero-order valence-electron chi connectivity index (χ0n) is 8.90. The molecule has 0 atom stereocenters. The van der Waals surface area contributed by atoms with Crippen molar-refractivity contribution in [3.05, 3.63) is 22.5 Å². The van der Waals surface area contributed by atoms with Gasteiger partial charge < -0.3 is 9.73 Å². The molecule has 0 fully saturated rings. The summed E-state index contributed by atoms with van der Waals surface area (Å²) in [4.78, 5) is 4.25. The number of alkyl halides is 1. The van der Waals surface area contributed by atoms with Gasteiger partial charge in [0, 0.05) is 11.6 Å². The highest BCUT2D eigenvalue weighted by Gasteiger charge is 2.25. The van der Waals surface area contributed by atoms with Gasteiger partial charge in [-0.1, -0.05) is 5.10 Å². The molecule has 2 aromatic heterocycles. The van der Waals surface area contributed by atoms with E-state index in [1.165, 1.54) is 0 Å². The van der Waals surface area contributed by atoms with Crippen LogP contribution in [0.5, 0.6) is 0 Å². The van der Waals surface area contributed by atoms with Gasteiger partial charge in [-0.15, -0.1) is 28.0 Å². The summed E-state index contributed by atoms with van der Waals surface area (Å²) in [5.74, 6) is 0.617. The predicted octanol–water partition coefficient (Wildman–Crippen LogP) is 2.61. The lowest BCUT2D eigenvalue weighted by molar-refractivity contribution is 0.494. The van der Waals surface area contributed by atoms with Crippen LogP contribution in [0.2, 0.25) is 0 Å². The van der Waals surface area contributed by atoms with E-state index in [4.69, 9.17) is 16.0 Å². The van der Waals surface area contributed by atoms with Crippen LogP contribution in [0.4, 0.5) is 6.01 Å². The van der Waals surface area contributed by atoms with E-state index in [-0.39, 0.29) is 11.4 Å². The van der Waals surface area contributed by atoms with Gasteiger partial charge in [0.15, 0.2) is 0 Å². The van der Waals surface area contributed by atoms with Crippen LogP contribution in [0.3, 0.4) is 0 Å². The van der Waals surface area contributed by atoms with Gasteiger partial charge in [-0.25, -0.2) is 4.98 Å². The van der Waals surface area contributed by atoms with Crippen LogP contribution in [0.25, 0.3) is 0 Å². The van der Waals surface area contributed by atoms with Crippen LogP contribution in [0.15, 0.2) is 16.0 Å². The number of anilines is 1. The van der Waals surface area contributed by atoms with Crippen LogP contribution in [0.1, 0.15) is 24.7 Å². The Morgan fingerprint density at radius 3 is 2.88 bits per heavy atom. The quantitative estimate of drug-likeness (QED) is 0.854. The van der Waals surface area contributed by atoms with Crippen LogP contribution in [-0.2, 0) is 11.4 Å². The summed E-state index contributed by atoms with van der Waals surface area (Å²) in [5.41, 5.74) is -0.343. The Kier molecular flexibility index (Phi) is 3.11. The summed E-state index contributed by atoms with van der Waals surface area (Å²) in [7, 11) is 0. The fourth-order valence-corrected chi connectivity index (χ4v) is 2.04. The molecule has 0 amide bonds. The maximum absolute atomic E-state index is 5.58. The zero-order chi connectivity index (χ0) is 11.6. The summed E-state index contributed by atoms with van der Waals surface area (Å²) >= 11 is 7.15. The summed E-state index contributed by atoms with van der Waals surface area (Å²) in [6, 6.07) is 0.357. The molecule has 5 nitrogen and oxygen atoms in total. The molecule has 0 radical (unpaired) electrons. The van der Waals surface area contributed by atoms with Gasteiger partial charge in [0.1, 0.15) is 10.9 Å². The van der Waals surface area contributed by atoms with Crippen molar-refractivity contribution in [2.24, 2.45) is 0 Å². The van der Waals surface area contributed by atoms with Gasteiger partial charge in [-0.3, -0.25) is 0 Å². The molecular weight excluding hydrogens is 248 g/mol. The molecule has 0 unspecified atom stereocenters. The topological polar surface area (TPSA) is 63.8 Å². The molecule has 0 spiro atoms. The molecule has 7 heteroatoms. The van der Waals surface area contributed by atoms with Crippen molar-refractivity contribution in [2.75, 3.05) is 5.32 Å². The van der Waals surface area contributed by atoms with Gasteiger partial charge in [-0.05, 0) is 13.8 Å². The van der Waals surface area contributed by atoms with Crippen LogP contribution < -0.4 is 5.32 Å². The lowest BCUT2D eigenvalue weighted by Crippen LogP contribution is -2.27. The van der Waals surface area contributed by atoms with Crippen molar-refractivity contribution >= 4 is 29.0 Å². The Hall–Kier alpha value is -1.14. The van der Waals surface area contributed by atoms with Gasteiger partial charge >= 0.3 is 6.01 Å². The lowest BCUT2D eigenvalue weighted by atomic mass is 10.1. The molecule has 0 aliphatic carbocycles. The third-order valence-corrected chi connectivity index (χ3v) is 3.29. The fraction of sp³-hybridized carbons (Fsp3) is 0.444. The maximum atomic E-state index is 5.58. The van der Waals surface area contributed by atoms with Gasteiger partial charge in [0.2, 0.25) is 5.89 Å². The van der Waals surface area contributed by atoms with Crippen LogP contribution in [0, 0.1) is 0 Å². The highest BCUT2D eigenvalue weighted by Crippen LogP contribution is 2.26. The van der Waals surface area contributed by atoms with E-state index >= 15 is 0 Å². The molecule has 16 heavy (non-hydrogen) atoms. The Morgan fingerprint density at radius 1 is 1.50 bits per heavy atom. The van der Waals surface area contributed by atoms with Crippen LogP contribution >= 0.6 is 22.9 Å². The predicted molar refractivity (Wildman–Crippen MR) is 62.6 cm³/mol. The first-order valence-electron chi connectivity index (χ1n) is 4.68. The minimum absolute atomic E-state index is 0.215. The molecule has 0 bridgehead atoms. The number of hydrogen-bond donors (Lipinski definition) is 1. The fourth-order valence-electron chi connectivity index (χ4n) is 1.21. The van der Waals surface area contributed by atoms with Crippen molar-refractivity contribution in [1.29, 1.82) is 0 Å². The molecule has 0 aliphatic heterocycles. The molecule has 0 aromatic carbocycles. The molecule has 2 rings (SSSR count). The third-order valence-electron chi connectivity index (χ3n) is 1.97. The van der Waals surface area contributed by atoms with E-state index in [1.54, 1.807) is 17.5 Å². The number of nitrogens with one attached hydrogen (secondary N) is 1. The number of hydrogen-bond acceptors (Lipinski definition) is 6. The molecule has 86 valence electrons. The van der Waals surface area contributed by atoms with E-state index in [0.717, 1.165) is 5.01 Å². The molecule has 0 aliphatic rings. The standard InChI is InChI=1S/C9H11ClN4OS/c1-9(2,7-11-3-4-16-7)12-8-14-13-6(5-10)15-8/h3-4H,5H2,1-2H3,(H,12,14). The molecular formula is C9H11ClN4OS. The molecule has 1 N–H and O–H groups in total. The summed E-state index contributed by atoms with van der Waals surface area (Å²) in [5, 5.41) is 13.6. The first-order chi connectivity index (χ1) is 7.62. The number of thiazole rings is 1. The second-order valence-electron chi connectivity index (χ2n) is 3.72. The van der Waals surface area contributed by atoms with Gasteiger partial charge in [-0.2, -0.15) is 0 Å². The highest BCUT2D eigenvalue weighted by molar-refractivity contribution is 7.09. The van der Waals surface area contributed by atoms with E-state index in [1.807, 2.05) is 19.2 Å². The minimum Gasteiger partial charge on any atom is -0.407 e. The SMILES string of the molecule is CC(C)(Nc1nnc(CCl)o1)c1nccs1. The monoisotopic (exact) mass is 258 g/mol. The normalized spacial score (nSPS) is 11.7. The first kappa shape index (κ1) is 11.3. The molecule has 2 heterocycles. The van der Waals surface area contributed by atoms with Gasteiger partial charge in [0.25, 0.3) is 0 Å². The second kappa shape index (κ2) is 4.39. The molecule has 0 saturated heterocycles. The second-order valence-corrected chi connectivity index (χ2v) is 4.88. The number of halogens is 1. The van der Waals surface area contributed by atoms with E-state index in [9.17, 15) is 0 Å². The van der Waals surface area contributed by atoms with Crippen molar-refractivity contribution < 1.29 is 4.42 Å². The van der Waals surface area contributed by atoms with Crippen molar-refractivity contribution in [3.8, 4) is 0 Å². The highest BCUT2D eigenvalue weighted by atomic mass is 35.5. The summed E-state index contributed by atoms with van der Waals surface area (Å²) in [6.07, 6.45) is 1.77. The number of nitrogens with zero attached hydrogens (tertiary/aromatic N) is 3. The molecule has 0 saturated carbocycles. The Labute approximate surface area is 102 Å². The number of aromatic nitrogens is 3. The van der Waals surface area contributed by atoms with E-state index < -0.39 is 0 Å². The summed E-state index contributed by atoms with van der Waals surface area (Å²) in [6.45, 7) is 3.99. The van der Waals surface area contributed by atoms with Gasteiger partial charge in [0.05, 0.1) is 5.54 Å². The Bertz CT molecular complexity index is 454. The number of rotatable bonds is 4. The third kappa shape index (κ3) is 2.33. The van der Waals surface area contributed by atoms with Crippen molar-refractivity contribution in [2.45, 2.75) is 25.3 Å². The van der Waals surface area contributed by atoms with Crippen molar-refractivity contribution in [3.63, 3.8) is 0 Å². The molecule has 2 aromatic rings. The van der Waals surface area contributed by atoms with E-state index in [2.05, 4.69) is 20.5 Å². The lowest BCUT2D eigenvalue weighted by Gasteiger charge is -2.21. The Morgan fingerprint density at radius 2 is 2.31 bits per heavy atom.